The fourth-order valence-corrected chi connectivity index (χ4v) is 3.91. The second-order valence-electron chi connectivity index (χ2n) is 4.75. The van der Waals surface area contributed by atoms with E-state index in [1.807, 2.05) is 0 Å². The van der Waals surface area contributed by atoms with E-state index in [4.69, 9.17) is 0 Å². The maximum absolute atomic E-state index is 3.66. The van der Waals surface area contributed by atoms with Gasteiger partial charge in [0.25, 0.3) is 0 Å². The van der Waals surface area contributed by atoms with Crippen molar-refractivity contribution in [2.45, 2.75) is 45.3 Å². The molecule has 1 fully saturated rings. The van der Waals surface area contributed by atoms with E-state index in [1.165, 1.54) is 30.3 Å². The molecule has 0 radical (unpaired) electrons. The summed E-state index contributed by atoms with van der Waals surface area (Å²) < 4.78 is 0. The van der Waals surface area contributed by atoms with Crippen molar-refractivity contribution in [3.05, 3.63) is 0 Å². The first-order valence-corrected chi connectivity index (χ1v) is 7.44. The van der Waals surface area contributed by atoms with Crippen molar-refractivity contribution in [1.29, 1.82) is 0 Å². The molecular weight excluding hydrogens is 244 g/mol. The van der Waals surface area contributed by atoms with Crippen LogP contribution >= 0.6 is 27.7 Å². The second-order valence-corrected chi connectivity index (χ2v) is 6.67. The van der Waals surface area contributed by atoms with Gasteiger partial charge in [0.15, 0.2) is 0 Å². The van der Waals surface area contributed by atoms with Crippen molar-refractivity contribution in [1.82, 2.24) is 0 Å². The third-order valence-corrected chi connectivity index (χ3v) is 6.33. The molecule has 13 heavy (non-hydrogen) atoms. The van der Waals surface area contributed by atoms with Gasteiger partial charge in [-0.2, -0.15) is 11.8 Å². The van der Waals surface area contributed by atoms with Crippen LogP contribution < -0.4 is 0 Å². The Labute approximate surface area is 95.4 Å². The summed E-state index contributed by atoms with van der Waals surface area (Å²) in [6, 6.07) is 0. The van der Waals surface area contributed by atoms with Gasteiger partial charge >= 0.3 is 0 Å². The molecule has 0 aliphatic heterocycles. The summed E-state index contributed by atoms with van der Waals surface area (Å²) in [6.07, 6.45) is 4.33. The summed E-state index contributed by atoms with van der Waals surface area (Å²) in [7, 11) is 0. The van der Waals surface area contributed by atoms with Crippen molar-refractivity contribution < 1.29 is 0 Å². The molecule has 0 spiro atoms. The van der Waals surface area contributed by atoms with Crippen LogP contribution in [0.3, 0.4) is 0 Å². The zero-order chi connectivity index (χ0) is 9.90. The van der Waals surface area contributed by atoms with Crippen molar-refractivity contribution in [2.24, 2.45) is 11.3 Å². The Bertz CT molecular complexity index is 147. The molecule has 0 heterocycles. The molecule has 0 bridgehead atoms. The van der Waals surface area contributed by atoms with Gasteiger partial charge in [0.05, 0.1) is 0 Å². The average molecular weight is 265 g/mol. The first-order chi connectivity index (χ1) is 6.09. The summed E-state index contributed by atoms with van der Waals surface area (Å²) in [5, 5.41) is 2.02. The SMILES string of the molecule is CC(C)C(C)SCC1(CBr)CCC1. The van der Waals surface area contributed by atoms with Crippen LogP contribution in [0.25, 0.3) is 0 Å². The Hall–Kier alpha value is 0.830. The van der Waals surface area contributed by atoms with E-state index in [-0.39, 0.29) is 0 Å². The maximum Gasteiger partial charge on any atom is 0.00958 e. The number of halogens is 1. The van der Waals surface area contributed by atoms with Gasteiger partial charge < -0.3 is 0 Å². The van der Waals surface area contributed by atoms with Gasteiger partial charge in [0.2, 0.25) is 0 Å². The van der Waals surface area contributed by atoms with Crippen molar-refractivity contribution in [3.8, 4) is 0 Å². The standard InChI is InChI=1S/C11H21BrS/c1-9(2)10(3)13-8-11(7-12)5-4-6-11/h9-10H,4-8H2,1-3H3. The van der Waals surface area contributed by atoms with Crippen LogP contribution in [0, 0.1) is 11.3 Å². The van der Waals surface area contributed by atoms with Crippen molar-refractivity contribution >= 4 is 27.7 Å². The van der Waals surface area contributed by atoms with Crippen LogP contribution in [0.5, 0.6) is 0 Å². The van der Waals surface area contributed by atoms with Crippen molar-refractivity contribution in [3.63, 3.8) is 0 Å². The molecule has 0 aromatic heterocycles. The Morgan fingerprint density at radius 3 is 2.23 bits per heavy atom. The number of alkyl halides is 1. The molecular formula is C11H21BrS. The van der Waals surface area contributed by atoms with Crippen LogP contribution in [-0.4, -0.2) is 16.3 Å². The lowest BCUT2D eigenvalue weighted by Crippen LogP contribution is -2.34. The van der Waals surface area contributed by atoms with Crippen LogP contribution in [0.4, 0.5) is 0 Å². The smallest absolute Gasteiger partial charge is 0.00958 e. The average Bonchev–Trinajstić information content (AvgIpc) is 2.02. The Morgan fingerprint density at radius 2 is 1.92 bits per heavy atom. The first kappa shape index (κ1) is 11.9. The molecule has 0 N–H and O–H groups in total. The molecule has 1 aliphatic rings. The van der Waals surface area contributed by atoms with Crippen molar-refractivity contribution in [2.75, 3.05) is 11.1 Å². The molecule has 0 aromatic rings. The lowest BCUT2D eigenvalue weighted by Gasteiger charge is -2.41. The summed E-state index contributed by atoms with van der Waals surface area (Å²) in [5.74, 6) is 2.18. The molecule has 1 unspecified atom stereocenters. The number of thioether (sulfide) groups is 1. The zero-order valence-corrected chi connectivity index (χ0v) is 11.4. The molecule has 0 nitrogen and oxygen atoms in total. The molecule has 0 saturated heterocycles. The summed E-state index contributed by atoms with van der Waals surface area (Å²) in [4.78, 5) is 0. The van der Waals surface area contributed by atoms with Crippen LogP contribution in [0.15, 0.2) is 0 Å². The monoisotopic (exact) mass is 264 g/mol. The normalized spacial score (nSPS) is 22.8. The number of hydrogen-bond acceptors (Lipinski definition) is 1. The minimum absolute atomic E-state index is 0.661. The van der Waals surface area contributed by atoms with Crippen LogP contribution in [0.2, 0.25) is 0 Å². The Morgan fingerprint density at radius 1 is 1.31 bits per heavy atom. The lowest BCUT2D eigenvalue weighted by molar-refractivity contribution is 0.206. The van der Waals surface area contributed by atoms with Gasteiger partial charge in [-0.3, -0.25) is 0 Å². The summed E-state index contributed by atoms with van der Waals surface area (Å²) in [6.45, 7) is 6.99. The molecule has 78 valence electrons. The van der Waals surface area contributed by atoms with E-state index in [0.717, 1.165) is 11.2 Å². The van der Waals surface area contributed by atoms with E-state index in [1.54, 1.807) is 0 Å². The van der Waals surface area contributed by atoms with E-state index < -0.39 is 0 Å². The van der Waals surface area contributed by atoms with Gasteiger partial charge in [0.1, 0.15) is 0 Å². The quantitative estimate of drug-likeness (QED) is 0.667. The Balaban J connectivity index is 2.24. The number of hydrogen-bond donors (Lipinski definition) is 0. The predicted octanol–water partition coefficient (Wildman–Crippen LogP) is 4.33. The summed E-state index contributed by atoms with van der Waals surface area (Å²) in [5.41, 5.74) is 0.661. The van der Waals surface area contributed by atoms with E-state index in [0.29, 0.717) is 5.41 Å². The molecule has 2 heteroatoms. The fourth-order valence-electron chi connectivity index (χ4n) is 1.49. The first-order valence-electron chi connectivity index (χ1n) is 5.27. The third-order valence-electron chi connectivity index (χ3n) is 3.29. The highest BCUT2D eigenvalue weighted by molar-refractivity contribution is 9.09. The largest absolute Gasteiger partial charge is 0.158 e. The highest BCUT2D eigenvalue weighted by Gasteiger charge is 2.36. The molecule has 1 aliphatic carbocycles. The van der Waals surface area contributed by atoms with Gasteiger partial charge in [-0.15, -0.1) is 0 Å². The lowest BCUT2D eigenvalue weighted by atomic mass is 9.72. The third kappa shape index (κ3) is 3.16. The minimum Gasteiger partial charge on any atom is -0.158 e. The highest BCUT2D eigenvalue weighted by atomic mass is 79.9. The second kappa shape index (κ2) is 5.06. The van der Waals surface area contributed by atoms with Gasteiger partial charge in [0, 0.05) is 10.6 Å². The zero-order valence-electron chi connectivity index (χ0n) is 8.98. The highest BCUT2D eigenvalue weighted by Crippen LogP contribution is 2.45. The maximum atomic E-state index is 3.66. The van der Waals surface area contributed by atoms with E-state index in [9.17, 15) is 0 Å². The van der Waals surface area contributed by atoms with Gasteiger partial charge in [-0.05, 0) is 29.9 Å². The van der Waals surface area contributed by atoms with Crippen LogP contribution in [0.1, 0.15) is 40.0 Å². The number of rotatable bonds is 5. The fraction of sp³-hybridized carbons (Fsp3) is 1.00. The van der Waals surface area contributed by atoms with E-state index >= 15 is 0 Å². The summed E-state index contributed by atoms with van der Waals surface area (Å²) >= 11 is 5.82. The predicted molar refractivity (Wildman–Crippen MR) is 66.8 cm³/mol. The van der Waals surface area contributed by atoms with Crippen LogP contribution in [-0.2, 0) is 0 Å². The molecule has 0 aromatic carbocycles. The molecule has 0 amide bonds. The molecule has 1 atom stereocenters. The van der Waals surface area contributed by atoms with E-state index in [2.05, 4.69) is 48.5 Å². The Kier molecular flexibility index (Phi) is 4.64. The minimum atomic E-state index is 0.661. The topological polar surface area (TPSA) is 0 Å². The van der Waals surface area contributed by atoms with Gasteiger partial charge in [-0.25, -0.2) is 0 Å². The molecule has 1 rings (SSSR count). The van der Waals surface area contributed by atoms with Gasteiger partial charge in [-0.1, -0.05) is 43.1 Å². The molecule has 1 saturated carbocycles.